The van der Waals surface area contributed by atoms with Crippen LogP contribution in [0.5, 0.6) is 0 Å². The summed E-state index contributed by atoms with van der Waals surface area (Å²) in [6.45, 7) is 5.60. The monoisotopic (exact) mass is 343 g/mol. The van der Waals surface area contributed by atoms with Gasteiger partial charge in [-0.3, -0.25) is 9.11 Å². The summed E-state index contributed by atoms with van der Waals surface area (Å²) in [6, 6.07) is 18.2. The van der Waals surface area contributed by atoms with E-state index in [1.54, 1.807) is 0 Å². The van der Waals surface area contributed by atoms with E-state index < -0.39 is 16.9 Å². The van der Waals surface area contributed by atoms with Gasteiger partial charge in [-0.2, -0.15) is 0 Å². The number of benzene rings is 2. The average Bonchev–Trinajstić information content (AvgIpc) is 2.60. The number of hydrogen-bond acceptors (Lipinski definition) is 3. The Balaban J connectivity index is 1.75. The third-order valence-electron chi connectivity index (χ3n) is 4.86. The Hall–Kier alpha value is -1.49. The Morgan fingerprint density at radius 3 is 2.46 bits per heavy atom. The highest BCUT2D eigenvalue weighted by Crippen LogP contribution is 2.26. The Labute approximate surface area is 146 Å². The van der Waals surface area contributed by atoms with Gasteiger partial charge in [0.15, 0.2) is 0 Å². The van der Waals surface area contributed by atoms with Crippen molar-refractivity contribution < 1.29 is 9.32 Å². The molecule has 0 spiro atoms. The standard InChI is InChI=1S/C20H25NO2S/c1-15-8-10-18(11-9-15)24(23)19-12-20(22)16(2)21(14-19)13-17-6-4-3-5-7-17/h3-11,16,19-20,22H,12-14H2,1-2H3/t16-,19-,20+,24-/m0/s1. The number of likely N-dealkylation sites (tertiary alicyclic amines) is 1. The lowest BCUT2D eigenvalue weighted by molar-refractivity contribution is 0.0181. The summed E-state index contributed by atoms with van der Waals surface area (Å²) in [5.74, 6) is 0. The van der Waals surface area contributed by atoms with Crippen LogP contribution in [0.4, 0.5) is 0 Å². The lowest BCUT2D eigenvalue weighted by Gasteiger charge is -2.40. The molecular weight excluding hydrogens is 318 g/mol. The Morgan fingerprint density at radius 2 is 1.79 bits per heavy atom. The zero-order valence-corrected chi connectivity index (χ0v) is 15.1. The van der Waals surface area contributed by atoms with Crippen LogP contribution >= 0.6 is 0 Å². The second-order valence-corrected chi connectivity index (χ2v) is 8.42. The predicted molar refractivity (Wildman–Crippen MR) is 98.3 cm³/mol. The molecular formula is C20H25NO2S. The number of hydrogen-bond donors (Lipinski definition) is 1. The summed E-state index contributed by atoms with van der Waals surface area (Å²) in [7, 11) is -1.09. The maximum absolute atomic E-state index is 12.9. The van der Waals surface area contributed by atoms with Gasteiger partial charge in [-0.05, 0) is 38.0 Å². The maximum atomic E-state index is 12.9. The third-order valence-corrected chi connectivity index (χ3v) is 6.54. The second-order valence-electron chi connectivity index (χ2n) is 6.69. The van der Waals surface area contributed by atoms with Crippen LogP contribution in [0.3, 0.4) is 0 Å². The molecule has 4 atom stereocenters. The normalized spacial score (nSPS) is 26.2. The van der Waals surface area contributed by atoms with E-state index in [1.807, 2.05) is 49.4 Å². The molecule has 1 N–H and O–H groups in total. The second kappa shape index (κ2) is 7.60. The van der Waals surface area contributed by atoms with Crippen LogP contribution in [0.1, 0.15) is 24.5 Å². The molecule has 128 valence electrons. The first kappa shape index (κ1) is 17.3. The predicted octanol–water partition coefficient (Wildman–Crippen LogP) is 3.13. The third kappa shape index (κ3) is 3.94. The van der Waals surface area contributed by atoms with Crippen molar-refractivity contribution >= 4 is 10.8 Å². The van der Waals surface area contributed by atoms with E-state index in [-0.39, 0.29) is 11.3 Å². The fourth-order valence-corrected chi connectivity index (χ4v) is 4.75. The lowest BCUT2D eigenvalue weighted by atomic mass is 9.99. The minimum Gasteiger partial charge on any atom is -0.391 e. The zero-order valence-electron chi connectivity index (χ0n) is 14.3. The molecule has 0 aromatic heterocycles. The minimum absolute atomic E-state index is 0.0392. The van der Waals surface area contributed by atoms with Crippen molar-refractivity contribution in [2.45, 2.75) is 49.1 Å². The zero-order chi connectivity index (χ0) is 17.1. The molecule has 4 heteroatoms. The van der Waals surface area contributed by atoms with Crippen LogP contribution in [0.15, 0.2) is 59.5 Å². The van der Waals surface area contributed by atoms with Crippen molar-refractivity contribution in [1.82, 2.24) is 4.90 Å². The van der Waals surface area contributed by atoms with Gasteiger partial charge in [-0.15, -0.1) is 0 Å². The molecule has 24 heavy (non-hydrogen) atoms. The van der Waals surface area contributed by atoms with E-state index in [0.29, 0.717) is 6.42 Å². The summed E-state index contributed by atoms with van der Waals surface area (Å²) >= 11 is 0. The van der Waals surface area contributed by atoms with Gasteiger partial charge in [0.1, 0.15) is 0 Å². The number of aliphatic hydroxyl groups excluding tert-OH is 1. The quantitative estimate of drug-likeness (QED) is 0.927. The molecule has 0 bridgehead atoms. The topological polar surface area (TPSA) is 40.5 Å². The number of nitrogens with zero attached hydrogens (tertiary/aromatic N) is 1. The lowest BCUT2D eigenvalue weighted by Crippen LogP contribution is -2.52. The van der Waals surface area contributed by atoms with Crippen molar-refractivity contribution in [3.05, 3.63) is 65.7 Å². The van der Waals surface area contributed by atoms with Crippen LogP contribution in [0, 0.1) is 6.92 Å². The van der Waals surface area contributed by atoms with E-state index in [4.69, 9.17) is 0 Å². The average molecular weight is 343 g/mol. The van der Waals surface area contributed by atoms with Crippen molar-refractivity contribution in [3.63, 3.8) is 0 Å². The van der Waals surface area contributed by atoms with Crippen LogP contribution in [0.2, 0.25) is 0 Å². The smallest absolute Gasteiger partial charge is 0.0704 e. The van der Waals surface area contributed by atoms with Crippen molar-refractivity contribution in [3.8, 4) is 0 Å². The highest BCUT2D eigenvalue weighted by molar-refractivity contribution is 7.85. The number of aliphatic hydroxyl groups is 1. The maximum Gasteiger partial charge on any atom is 0.0704 e. The van der Waals surface area contributed by atoms with E-state index in [1.165, 1.54) is 11.1 Å². The van der Waals surface area contributed by atoms with Crippen LogP contribution in [0.25, 0.3) is 0 Å². The molecule has 3 rings (SSSR count). The summed E-state index contributed by atoms with van der Waals surface area (Å²) in [6.07, 6.45) is 0.148. The molecule has 0 radical (unpaired) electrons. The van der Waals surface area contributed by atoms with E-state index >= 15 is 0 Å². The van der Waals surface area contributed by atoms with E-state index in [2.05, 4.69) is 24.0 Å². The van der Waals surface area contributed by atoms with Gasteiger partial charge in [-0.1, -0.05) is 48.0 Å². The molecule has 1 aliphatic rings. The highest BCUT2D eigenvalue weighted by atomic mass is 32.2. The van der Waals surface area contributed by atoms with E-state index in [9.17, 15) is 9.32 Å². The Morgan fingerprint density at radius 1 is 1.12 bits per heavy atom. The highest BCUT2D eigenvalue weighted by Gasteiger charge is 2.35. The van der Waals surface area contributed by atoms with Gasteiger partial charge < -0.3 is 5.11 Å². The number of piperidine rings is 1. The summed E-state index contributed by atoms with van der Waals surface area (Å²) in [5, 5.41) is 10.4. The van der Waals surface area contributed by atoms with Gasteiger partial charge in [0.25, 0.3) is 0 Å². The van der Waals surface area contributed by atoms with Gasteiger partial charge in [0.05, 0.1) is 22.2 Å². The molecule has 2 aromatic carbocycles. The van der Waals surface area contributed by atoms with Gasteiger partial charge in [0.2, 0.25) is 0 Å². The molecule has 0 amide bonds. The molecule has 0 aliphatic carbocycles. The number of rotatable bonds is 4. The largest absolute Gasteiger partial charge is 0.391 e. The van der Waals surface area contributed by atoms with E-state index in [0.717, 1.165) is 18.0 Å². The summed E-state index contributed by atoms with van der Waals surface area (Å²) < 4.78 is 12.9. The minimum atomic E-state index is -1.09. The van der Waals surface area contributed by atoms with Crippen molar-refractivity contribution in [1.29, 1.82) is 0 Å². The van der Waals surface area contributed by atoms with Gasteiger partial charge in [-0.25, -0.2) is 0 Å². The summed E-state index contributed by atoms with van der Waals surface area (Å²) in [4.78, 5) is 3.10. The number of aryl methyl sites for hydroxylation is 1. The van der Waals surface area contributed by atoms with Crippen LogP contribution < -0.4 is 0 Å². The summed E-state index contributed by atoms with van der Waals surface area (Å²) in [5.41, 5.74) is 2.39. The fraction of sp³-hybridized carbons (Fsp3) is 0.400. The first-order chi connectivity index (χ1) is 11.5. The van der Waals surface area contributed by atoms with Crippen molar-refractivity contribution in [2.75, 3.05) is 6.54 Å². The first-order valence-electron chi connectivity index (χ1n) is 8.48. The molecule has 1 saturated heterocycles. The van der Waals surface area contributed by atoms with Crippen LogP contribution in [-0.2, 0) is 17.3 Å². The molecule has 1 aliphatic heterocycles. The van der Waals surface area contributed by atoms with Gasteiger partial charge in [0, 0.05) is 24.0 Å². The SMILES string of the molecule is Cc1ccc([S@](=O)[C@H]2C[C@@H](O)[C@H](C)N(Cc3ccccc3)C2)cc1. The molecule has 1 heterocycles. The molecule has 3 nitrogen and oxygen atoms in total. The molecule has 0 unspecified atom stereocenters. The van der Waals surface area contributed by atoms with Gasteiger partial charge >= 0.3 is 0 Å². The fourth-order valence-electron chi connectivity index (χ4n) is 3.26. The first-order valence-corrected chi connectivity index (χ1v) is 9.69. The van der Waals surface area contributed by atoms with Crippen LogP contribution in [-0.4, -0.2) is 38.2 Å². The Bertz CT molecular complexity index is 687. The van der Waals surface area contributed by atoms with Crippen molar-refractivity contribution in [2.24, 2.45) is 0 Å². The Kier molecular flexibility index (Phi) is 5.49. The molecule has 1 fully saturated rings. The molecule has 2 aromatic rings. The molecule has 0 saturated carbocycles.